The summed E-state index contributed by atoms with van der Waals surface area (Å²) in [5.74, 6) is 0.0523. The molecule has 1 aliphatic rings. The topological polar surface area (TPSA) is 41.1 Å². The molecule has 1 unspecified atom stereocenters. The Bertz CT molecular complexity index is 439. The van der Waals surface area contributed by atoms with Crippen LogP contribution in [0.1, 0.15) is 29.3 Å². The van der Waals surface area contributed by atoms with Crippen LogP contribution < -0.4 is 10.6 Å². The molecule has 2 N–H and O–H groups in total. The Labute approximate surface area is 125 Å². The molecule has 0 bridgehead atoms. The minimum atomic E-state index is 0. The van der Waals surface area contributed by atoms with E-state index in [1.165, 1.54) is 0 Å². The highest BCUT2D eigenvalue weighted by Gasteiger charge is 2.17. The van der Waals surface area contributed by atoms with Crippen molar-refractivity contribution in [1.82, 2.24) is 5.32 Å². The van der Waals surface area contributed by atoms with Gasteiger partial charge in [-0.1, -0.05) is 13.0 Å². The van der Waals surface area contributed by atoms with E-state index in [0.717, 1.165) is 42.7 Å². The van der Waals surface area contributed by atoms with E-state index in [1.807, 2.05) is 12.1 Å². The van der Waals surface area contributed by atoms with E-state index in [0.29, 0.717) is 5.25 Å². The van der Waals surface area contributed by atoms with Crippen molar-refractivity contribution in [2.24, 2.45) is 0 Å². The average Bonchev–Trinajstić information content (AvgIpc) is 2.43. The number of hydrogen-bond donors (Lipinski definition) is 2. The highest BCUT2D eigenvalue weighted by atomic mass is 35.5. The predicted octanol–water partition coefficient (Wildman–Crippen LogP) is 2.95. The lowest BCUT2D eigenvalue weighted by molar-refractivity contribution is 0.0953. The van der Waals surface area contributed by atoms with Gasteiger partial charge in [0.05, 0.1) is 0 Å². The summed E-state index contributed by atoms with van der Waals surface area (Å²) in [6.07, 6.45) is 4.15. The summed E-state index contributed by atoms with van der Waals surface area (Å²) in [5.41, 5.74) is 3.11. The maximum absolute atomic E-state index is 12.2. The number of amides is 1. The fourth-order valence-corrected chi connectivity index (χ4v) is 2.39. The zero-order valence-electron chi connectivity index (χ0n) is 11.4. The first-order valence-electron chi connectivity index (χ1n) is 6.39. The van der Waals surface area contributed by atoms with Gasteiger partial charge in [0.1, 0.15) is 0 Å². The standard InChI is InChI=1S/C14H20N2OS.ClH/c1-10(18-2)9-16-14(17)12-5-3-7-13-11(12)6-4-8-15-13;/h3,5,7,10,15H,4,6,8-9H2,1-2H3,(H,16,17);1H. The van der Waals surface area contributed by atoms with Gasteiger partial charge in [0, 0.05) is 29.6 Å². The second-order valence-electron chi connectivity index (χ2n) is 4.62. The lowest BCUT2D eigenvalue weighted by Crippen LogP contribution is -2.30. The van der Waals surface area contributed by atoms with E-state index < -0.39 is 0 Å². The minimum Gasteiger partial charge on any atom is -0.385 e. The van der Waals surface area contributed by atoms with Crippen molar-refractivity contribution in [3.63, 3.8) is 0 Å². The molecule has 1 atom stereocenters. The molecule has 1 aliphatic heterocycles. The molecule has 1 aromatic rings. The number of anilines is 1. The summed E-state index contributed by atoms with van der Waals surface area (Å²) in [4.78, 5) is 12.2. The van der Waals surface area contributed by atoms with Gasteiger partial charge in [-0.05, 0) is 36.8 Å². The molecule has 0 aromatic heterocycles. The van der Waals surface area contributed by atoms with Crippen LogP contribution in [-0.4, -0.2) is 30.5 Å². The summed E-state index contributed by atoms with van der Waals surface area (Å²) >= 11 is 1.76. The van der Waals surface area contributed by atoms with Crippen molar-refractivity contribution >= 4 is 35.8 Å². The van der Waals surface area contributed by atoms with Crippen LogP contribution in [0, 0.1) is 0 Å². The van der Waals surface area contributed by atoms with Gasteiger partial charge in [-0.25, -0.2) is 0 Å². The Hall–Kier alpha value is -0.870. The van der Waals surface area contributed by atoms with Crippen LogP contribution in [0.4, 0.5) is 5.69 Å². The zero-order chi connectivity index (χ0) is 13.0. The molecular weight excluding hydrogens is 280 g/mol. The number of benzene rings is 1. The van der Waals surface area contributed by atoms with E-state index in [1.54, 1.807) is 11.8 Å². The number of carbonyl (C=O) groups excluding carboxylic acids is 1. The number of thioether (sulfide) groups is 1. The molecule has 1 amide bonds. The van der Waals surface area contributed by atoms with Gasteiger partial charge in [-0.15, -0.1) is 12.4 Å². The van der Waals surface area contributed by atoms with Crippen LogP contribution in [0.5, 0.6) is 0 Å². The van der Waals surface area contributed by atoms with Gasteiger partial charge in [0.2, 0.25) is 0 Å². The number of hydrogen-bond acceptors (Lipinski definition) is 3. The highest BCUT2D eigenvalue weighted by Crippen LogP contribution is 2.25. The SMILES string of the molecule is CSC(C)CNC(=O)c1cccc2c1CCCN2.Cl. The fraction of sp³-hybridized carbons (Fsp3) is 0.500. The maximum Gasteiger partial charge on any atom is 0.251 e. The Morgan fingerprint density at radius 1 is 1.53 bits per heavy atom. The van der Waals surface area contributed by atoms with Crippen LogP contribution in [0.2, 0.25) is 0 Å². The van der Waals surface area contributed by atoms with Crippen LogP contribution in [-0.2, 0) is 6.42 Å². The van der Waals surface area contributed by atoms with Crippen LogP contribution in [0.15, 0.2) is 18.2 Å². The number of nitrogens with one attached hydrogen (secondary N) is 2. The largest absolute Gasteiger partial charge is 0.385 e. The average molecular weight is 301 g/mol. The van der Waals surface area contributed by atoms with Crippen molar-refractivity contribution in [3.05, 3.63) is 29.3 Å². The van der Waals surface area contributed by atoms with Gasteiger partial charge in [0.25, 0.3) is 5.91 Å². The Balaban J connectivity index is 0.00000180. The summed E-state index contributed by atoms with van der Waals surface area (Å²) in [7, 11) is 0. The lowest BCUT2D eigenvalue weighted by atomic mass is 9.97. The summed E-state index contributed by atoms with van der Waals surface area (Å²) in [5, 5.41) is 6.81. The van der Waals surface area contributed by atoms with E-state index >= 15 is 0 Å². The molecule has 1 heterocycles. The van der Waals surface area contributed by atoms with Crippen LogP contribution >= 0.6 is 24.2 Å². The van der Waals surface area contributed by atoms with Crippen molar-refractivity contribution in [2.75, 3.05) is 24.7 Å². The van der Waals surface area contributed by atoms with E-state index in [-0.39, 0.29) is 18.3 Å². The Morgan fingerprint density at radius 2 is 2.32 bits per heavy atom. The normalized spacial score (nSPS) is 14.6. The van der Waals surface area contributed by atoms with Crippen molar-refractivity contribution in [1.29, 1.82) is 0 Å². The fourth-order valence-electron chi connectivity index (χ4n) is 2.14. The number of halogens is 1. The molecule has 1 aromatic carbocycles. The van der Waals surface area contributed by atoms with Crippen molar-refractivity contribution in [2.45, 2.75) is 25.0 Å². The molecular formula is C14H21ClN2OS. The van der Waals surface area contributed by atoms with E-state index in [9.17, 15) is 4.79 Å². The number of carbonyl (C=O) groups is 1. The Morgan fingerprint density at radius 3 is 3.05 bits per heavy atom. The monoisotopic (exact) mass is 300 g/mol. The molecule has 2 rings (SSSR count). The summed E-state index contributed by atoms with van der Waals surface area (Å²) < 4.78 is 0. The third-order valence-corrected chi connectivity index (χ3v) is 4.26. The van der Waals surface area contributed by atoms with E-state index in [4.69, 9.17) is 0 Å². The van der Waals surface area contributed by atoms with Crippen LogP contribution in [0.25, 0.3) is 0 Å². The molecule has 0 fully saturated rings. The van der Waals surface area contributed by atoms with Crippen LogP contribution in [0.3, 0.4) is 0 Å². The zero-order valence-corrected chi connectivity index (χ0v) is 13.0. The molecule has 0 aliphatic carbocycles. The predicted molar refractivity (Wildman–Crippen MR) is 85.8 cm³/mol. The first-order chi connectivity index (χ1) is 8.72. The van der Waals surface area contributed by atoms with Gasteiger partial charge in [-0.2, -0.15) is 11.8 Å². The summed E-state index contributed by atoms with van der Waals surface area (Å²) in [6.45, 7) is 3.84. The molecule has 0 radical (unpaired) electrons. The lowest BCUT2D eigenvalue weighted by Gasteiger charge is -2.21. The number of rotatable bonds is 4. The third-order valence-electron chi connectivity index (χ3n) is 3.29. The second kappa shape index (κ2) is 7.65. The van der Waals surface area contributed by atoms with Crippen molar-refractivity contribution < 1.29 is 4.79 Å². The smallest absolute Gasteiger partial charge is 0.251 e. The van der Waals surface area contributed by atoms with Crippen molar-refractivity contribution in [3.8, 4) is 0 Å². The minimum absolute atomic E-state index is 0. The summed E-state index contributed by atoms with van der Waals surface area (Å²) in [6, 6.07) is 5.92. The first kappa shape index (κ1) is 16.2. The number of fused-ring (bicyclic) bond motifs is 1. The first-order valence-corrected chi connectivity index (χ1v) is 7.68. The molecule has 3 nitrogen and oxygen atoms in total. The second-order valence-corrected chi connectivity index (χ2v) is 5.89. The molecule has 0 saturated carbocycles. The third kappa shape index (κ3) is 4.05. The van der Waals surface area contributed by atoms with E-state index in [2.05, 4.69) is 29.9 Å². The molecule has 19 heavy (non-hydrogen) atoms. The van der Waals surface area contributed by atoms with Gasteiger partial charge >= 0.3 is 0 Å². The quantitative estimate of drug-likeness (QED) is 0.898. The maximum atomic E-state index is 12.2. The molecule has 5 heteroatoms. The molecule has 0 saturated heterocycles. The Kier molecular flexibility index (Phi) is 6.52. The van der Waals surface area contributed by atoms with Gasteiger partial charge < -0.3 is 10.6 Å². The van der Waals surface area contributed by atoms with Gasteiger partial charge in [-0.3, -0.25) is 4.79 Å². The highest BCUT2D eigenvalue weighted by molar-refractivity contribution is 7.99. The molecule has 106 valence electrons. The molecule has 0 spiro atoms. The van der Waals surface area contributed by atoms with Gasteiger partial charge in [0.15, 0.2) is 0 Å².